The van der Waals surface area contributed by atoms with Crippen LogP contribution in [0.2, 0.25) is 0 Å². The van der Waals surface area contributed by atoms with E-state index < -0.39 is 0 Å². The Labute approximate surface area is 104 Å². The normalized spacial score (nSPS) is 17.2. The second-order valence-corrected chi connectivity index (χ2v) is 5.16. The minimum absolute atomic E-state index is 0.544. The predicted molar refractivity (Wildman–Crippen MR) is 74.3 cm³/mol. The Morgan fingerprint density at radius 3 is 2.82 bits per heavy atom. The Kier molecular flexibility index (Phi) is 3.57. The summed E-state index contributed by atoms with van der Waals surface area (Å²) in [5, 5.41) is 3.45. The van der Waals surface area contributed by atoms with Gasteiger partial charge in [0, 0.05) is 18.6 Å². The molecule has 0 amide bonds. The first-order valence-corrected chi connectivity index (χ1v) is 6.40. The van der Waals surface area contributed by atoms with E-state index in [1.54, 1.807) is 0 Å². The molecule has 1 aliphatic carbocycles. The molecule has 1 atom stereocenters. The Hall–Kier alpha value is -1.22. The van der Waals surface area contributed by atoms with Crippen molar-refractivity contribution in [2.75, 3.05) is 24.6 Å². The number of nitrogens with two attached hydrogens (primary N) is 1. The van der Waals surface area contributed by atoms with Gasteiger partial charge < -0.3 is 11.1 Å². The molecule has 3 nitrogen and oxygen atoms in total. The van der Waals surface area contributed by atoms with Gasteiger partial charge in [-0.25, -0.2) is 0 Å². The summed E-state index contributed by atoms with van der Waals surface area (Å²) < 4.78 is 0. The van der Waals surface area contributed by atoms with Gasteiger partial charge in [-0.05, 0) is 45.4 Å². The minimum Gasteiger partial charge on any atom is -0.397 e. The van der Waals surface area contributed by atoms with Crippen LogP contribution >= 0.6 is 0 Å². The molecule has 94 valence electrons. The van der Waals surface area contributed by atoms with E-state index in [0.717, 1.165) is 29.5 Å². The number of para-hydroxylation sites is 1. The van der Waals surface area contributed by atoms with Crippen LogP contribution in [0.25, 0.3) is 0 Å². The molecule has 0 bridgehead atoms. The molecule has 3 heteroatoms. The molecule has 0 heterocycles. The maximum Gasteiger partial charge on any atom is 0.0579 e. The van der Waals surface area contributed by atoms with Crippen LogP contribution in [0.15, 0.2) is 18.2 Å². The van der Waals surface area contributed by atoms with Crippen LogP contribution < -0.4 is 11.1 Å². The van der Waals surface area contributed by atoms with E-state index >= 15 is 0 Å². The summed E-state index contributed by atoms with van der Waals surface area (Å²) in [7, 11) is 2.21. The fraction of sp³-hybridized carbons (Fsp3) is 0.571. The average molecular weight is 233 g/mol. The van der Waals surface area contributed by atoms with Crippen molar-refractivity contribution in [3.8, 4) is 0 Å². The molecule has 1 fully saturated rings. The molecule has 1 unspecified atom stereocenters. The maximum absolute atomic E-state index is 6.04. The molecule has 2 rings (SSSR count). The van der Waals surface area contributed by atoms with E-state index in [1.807, 2.05) is 25.1 Å². The van der Waals surface area contributed by atoms with Gasteiger partial charge in [-0.2, -0.15) is 0 Å². The molecule has 3 N–H and O–H groups in total. The number of rotatable bonds is 5. The van der Waals surface area contributed by atoms with Gasteiger partial charge in [0.05, 0.1) is 11.4 Å². The van der Waals surface area contributed by atoms with Gasteiger partial charge in [-0.1, -0.05) is 12.1 Å². The van der Waals surface area contributed by atoms with Crippen molar-refractivity contribution in [2.45, 2.75) is 38.8 Å². The highest BCUT2D eigenvalue weighted by molar-refractivity contribution is 5.69. The van der Waals surface area contributed by atoms with Gasteiger partial charge in [0.1, 0.15) is 0 Å². The lowest BCUT2D eigenvalue weighted by Gasteiger charge is -2.25. The van der Waals surface area contributed by atoms with Crippen molar-refractivity contribution in [1.82, 2.24) is 4.90 Å². The molecule has 1 aromatic carbocycles. The molecule has 1 aliphatic rings. The van der Waals surface area contributed by atoms with Crippen LogP contribution in [0.5, 0.6) is 0 Å². The standard InChI is InChI=1S/C14H23N3/c1-10-5-4-6-13(14(10)15)16-9-11(2)17(3)12-7-8-12/h4-6,11-12,16H,7-9,15H2,1-3H3. The summed E-state index contributed by atoms with van der Waals surface area (Å²) in [6, 6.07) is 7.49. The van der Waals surface area contributed by atoms with Crippen molar-refractivity contribution in [3.05, 3.63) is 23.8 Å². The molecule has 0 aliphatic heterocycles. The van der Waals surface area contributed by atoms with E-state index in [0.29, 0.717) is 6.04 Å². The summed E-state index contributed by atoms with van der Waals surface area (Å²) in [4.78, 5) is 2.46. The molecule has 1 saturated carbocycles. The number of benzene rings is 1. The first-order chi connectivity index (χ1) is 8.09. The number of anilines is 2. The fourth-order valence-electron chi connectivity index (χ4n) is 2.08. The van der Waals surface area contributed by atoms with E-state index in [9.17, 15) is 0 Å². The minimum atomic E-state index is 0.544. The first-order valence-electron chi connectivity index (χ1n) is 6.40. The van der Waals surface area contributed by atoms with Gasteiger partial charge in [0.25, 0.3) is 0 Å². The van der Waals surface area contributed by atoms with Gasteiger partial charge in [0.15, 0.2) is 0 Å². The van der Waals surface area contributed by atoms with E-state index in [4.69, 9.17) is 5.73 Å². The van der Waals surface area contributed by atoms with E-state index in [2.05, 4.69) is 24.2 Å². The fourth-order valence-corrected chi connectivity index (χ4v) is 2.08. The van der Waals surface area contributed by atoms with Gasteiger partial charge in [0.2, 0.25) is 0 Å². The summed E-state index contributed by atoms with van der Waals surface area (Å²) in [5.41, 5.74) is 9.10. The van der Waals surface area contributed by atoms with E-state index in [-0.39, 0.29) is 0 Å². The topological polar surface area (TPSA) is 41.3 Å². The zero-order chi connectivity index (χ0) is 12.4. The maximum atomic E-state index is 6.04. The molecule has 0 spiro atoms. The van der Waals surface area contributed by atoms with Crippen LogP contribution in [0, 0.1) is 6.92 Å². The number of hydrogen-bond donors (Lipinski definition) is 2. The number of nitrogen functional groups attached to an aromatic ring is 1. The van der Waals surface area contributed by atoms with Crippen LogP contribution in [0.1, 0.15) is 25.3 Å². The Morgan fingerprint density at radius 2 is 2.18 bits per heavy atom. The predicted octanol–water partition coefficient (Wildman–Crippen LogP) is 2.47. The lowest BCUT2D eigenvalue weighted by molar-refractivity contribution is 0.257. The van der Waals surface area contributed by atoms with Crippen LogP contribution in [0.3, 0.4) is 0 Å². The number of aryl methyl sites for hydroxylation is 1. The van der Waals surface area contributed by atoms with Gasteiger partial charge in [-0.3, -0.25) is 4.90 Å². The van der Waals surface area contributed by atoms with Crippen LogP contribution in [0.4, 0.5) is 11.4 Å². The highest BCUT2D eigenvalue weighted by Gasteiger charge is 2.28. The molecule has 1 aromatic rings. The molecular weight excluding hydrogens is 210 g/mol. The lowest BCUT2D eigenvalue weighted by atomic mass is 10.1. The third kappa shape index (κ3) is 2.91. The summed E-state index contributed by atoms with van der Waals surface area (Å²) in [6.07, 6.45) is 2.71. The van der Waals surface area contributed by atoms with Gasteiger partial charge in [-0.15, -0.1) is 0 Å². The monoisotopic (exact) mass is 233 g/mol. The molecule has 0 aromatic heterocycles. The first kappa shape index (κ1) is 12.2. The molecule has 0 radical (unpaired) electrons. The van der Waals surface area contributed by atoms with Crippen molar-refractivity contribution < 1.29 is 0 Å². The highest BCUT2D eigenvalue weighted by Crippen LogP contribution is 2.27. The Bertz CT molecular complexity index is 385. The molecule has 17 heavy (non-hydrogen) atoms. The van der Waals surface area contributed by atoms with Crippen molar-refractivity contribution >= 4 is 11.4 Å². The zero-order valence-electron chi connectivity index (χ0n) is 11.0. The number of nitrogens with one attached hydrogen (secondary N) is 1. The number of nitrogens with zero attached hydrogens (tertiary/aromatic N) is 1. The SMILES string of the molecule is Cc1cccc(NCC(C)N(C)C2CC2)c1N. The van der Waals surface area contributed by atoms with Crippen molar-refractivity contribution in [2.24, 2.45) is 0 Å². The second-order valence-electron chi connectivity index (χ2n) is 5.16. The van der Waals surface area contributed by atoms with Crippen LogP contribution in [-0.4, -0.2) is 30.6 Å². The third-order valence-electron chi connectivity index (χ3n) is 3.73. The van der Waals surface area contributed by atoms with Gasteiger partial charge >= 0.3 is 0 Å². The summed E-state index contributed by atoms with van der Waals surface area (Å²) in [6.45, 7) is 5.25. The van der Waals surface area contributed by atoms with Crippen molar-refractivity contribution in [1.29, 1.82) is 0 Å². The smallest absolute Gasteiger partial charge is 0.0579 e. The van der Waals surface area contributed by atoms with Crippen LogP contribution in [-0.2, 0) is 0 Å². The number of hydrogen-bond acceptors (Lipinski definition) is 3. The van der Waals surface area contributed by atoms with E-state index in [1.165, 1.54) is 12.8 Å². The lowest BCUT2D eigenvalue weighted by Crippen LogP contribution is -2.36. The summed E-state index contributed by atoms with van der Waals surface area (Å²) in [5.74, 6) is 0. The highest BCUT2D eigenvalue weighted by atomic mass is 15.2. The zero-order valence-corrected chi connectivity index (χ0v) is 11.0. The summed E-state index contributed by atoms with van der Waals surface area (Å²) >= 11 is 0. The number of likely N-dealkylation sites (N-methyl/N-ethyl adjacent to an activating group) is 1. The molecule has 0 saturated heterocycles. The Morgan fingerprint density at radius 1 is 1.47 bits per heavy atom. The van der Waals surface area contributed by atoms with Crippen molar-refractivity contribution in [3.63, 3.8) is 0 Å². The quantitative estimate of drug-likeness (QED) is 0.768. The molecular formula is C14H23N3. The average Bonchev–Trinajstić information content (AvgIpc) is 3.13. The Balaban J connectivity index is 1.90. The second kappa shape index (κ2) is 4.96. The largest absolute Gasteiger partial charge is 0.397 e. The third-order valence-corrected chi connectivity index (χ3v) is 3.73.